The maximum Gasteiger partial charge on any atom is 0.220 e. The zero-order chi connectivity index (χ0) is 17.5. The molecule has 0 fully saturated rings. The van der Waals surface area contributed by atoms with Crippen molar-refractivity contribution in [3.63, 3.8) is 0 Å². The van der Waals surface area contributed by atoms with Crippen LogP contribution in [0, 0.1) is 0 Å². The van der Waals surface area contributed by atoms with Crippen molar-refractivity contribution in [3.05, 3.63) is 53.6 Å². The molecule has 0 bridgehead atoms. The van der Waals surface area contributed by atoms with Gasteiger partial charge in [-0.15, -0.1) is 0 Å². The monoisotopic (exact) mass is 361 g/mol. The minimum atomic E-state index is -0.177. The van der Waals surface area contributed by atoms with Crippen LogP contribution in [0.25, 0.3) is 0 Å². The van der Waals surface area contributed by atoms with E-state index in [9.17, 15) is 4.79 Å². The van der Waals surface area contributed by atoms with E-state index < -0.39 is 0 Å². The highest BCUT2D eigenvalue weighted by Gasteiger charge is 2.20. The second-order valence-electron chi connectivity index (χ2n) is 5.71. The second kappa shape index (κ2) is 8.62. The quantitative estimate of drug-likeness (QED) is 0.767. The maximum absolute atomic E-state index is 11.9. The lowest BCUT2D eigenvalue weighted by molar-refractivity contribution is -0.121. The number of carbonyl (C=O) groups is 1. The lowest BCUT2D eigenvalue weighted by Crippen LogP contribution is -2.40. The Morgan fingerprint density at radius 3 is 2.72 bits per heavy atom. The number of hydrogen-bond donors (Lipinski definition) is 1. The molecule has 2 aromatic rings. The predicted molar refractivity (Wildman–Crippen MR) is 95.5 cm³/mol. The van der Waals surface area contributed by atoms with E-state index in [0.717, 1.165) is 11.5 Å². The minimum Gasteiger partial charge on any atom is -0.494 e. The number of halogens is 1. The van der Waals surface area contributed by atoms with Crippen molar-refractivity contribution < 1.29 is 19.0 Å². The summed E-state index contributed by atoms with van der Waals surface area (Å²) in [7, 11) is 0. The standard InChI is InChI=1S/C19H20ClNO4/c20-14-7-9-15(10-8-14)23-11-3-6-19(22)21-12-16-13-24-17-4-1-2-5-18(17)25-16/h1-2,4-5,7-10,16H,3,6,11-13H2,(H,21,22)/t16-/m1/s1. The molecular formula is C19H20ClNO4. The molecule has 0 spiro atoms. The van der Waals surface area contributed by atoms with Crippen LogP contribution in [0.3, 0.4) is 0 Å². The van der Waals surface area contributed by atoms with E-state index in [2.05, 4.69) is 5.32 Å². The van der Waals surface area contributed by atoms with E-state index in [0.29, 0.717) is 43.4 Å². The number of amides is 1. The third kappa shape index (κ3) is 5.29. The average Bonchev–Trinajstić information content (AvgIpc) is 2.65. The molecule has 6 heteroatoms. The SMILES string of the molecule is O=C(CCCOc1ccc(Cl)cc1)NC[C@@H]1COc2ccccc2O1. The lowest BCUT2D eigenvalue weighted by atomic mass is 10.2. The molecule has 0 aliphatic carbocycles. The fraction of sp³-hybridized carbons (Fsp3) is 0.316. The summed E-state index contributed by atoms with van der Waals surface area (Å²) in [6.07, 6.45) is 0.862. The molecule has 1 aliphatic rings. The maximum atomic E-state index is 11.9. The Hall–Kier alpha value is -2.40. The van der Waals surface area contributed by atoms with Gasteiger partial charge in [-0.05, 0) is 42.8 Å². The molecule has 1 atom stereocenters. The third-order valence-electron chi connectivity index (χ3n) is 3.72. The summed E-state index contributed by atoms with van der Waals surface area (Å²) in [5.41, 5.74) is 0. The van der Waals surface area contributed by atoms with Gasteiger partial charge in [-0.2, -0.15) is 0 Å². The van der Waals surface area contributed by atoms with Crippen molar-refractivity contribution in [1.29, 1.82) is 0 Å². The van der Waals surface area contributed by atoms with E-state index in [1.165, 1.54) is 0 Å². The van der Waals surface area contributed by atoms with Gasteiger partial charge >= 0.3 is 0 Å². The third-order valence-corrected chi connectivity index (χ3v) is 3.98. The van der Waals surface area contributed by atoms with E-state index in [4.69, 9.17) is 25.8 Å². The van der Waals surface area contributed by atoms with Crippen molar-refractivity contribution in [2.24, 2.45) is 0 Å². The first-order valence-electron chi connectivity index (χ1n) is 8.24. The van der Waals surface area contributed by atoms with E-state index in [1.54, 1.807) is 24.3 Å². The van der Waals surface area contributed by atoms with Crippen molar-refractivity contribution in [3.8, 4) is 17.2 Å². The molecule has 0 unspecified atom stereocenters. The highest BCUT2D eigenvalue weighted by Crippen LogP contribution is 2.30. The topological polar surface area (TPSA) is 56.8 Å². The zero-order valence-electron chi connectivity index (χ0n) is 13.7. The number of nitrogens with one attached hydrogen (secondary N) is 1. The highest BCUT2D eigenvalue weighted by atomic mass is 35.5. The van der Waals surface area contributed by atoms with E-state index >= 15 is 0 Å². The van der Waals surface area contributed by atoms with Crippen LogP contribution >= 0.6 is 11.6 Å². The number of para-hydroxylation sites is 2. The minimum absolute atomic E-state index is 0.0258. The van der Waals surface area contributed by atoms with Crippen LogP contribution in [0.1, 0.15) is 12.8 Å². The van der Waals surface area contributed by atoms with Crippen molar-refractivity contribution in [2.75, 3.05) is 19.8 Å². The van der Waals surface area contributed by atoms with Gasteiger partial charge in [0.1, 0.15) is 18.5 Å². The summed E-state index contributed by atoms with van der Waals surface area (Å²) < 4.78 is 17.0. The van der Waals surface area contributed by atoms with Crippen LogP contribution in [0.5, 0.6) is 17.2 Å². The second-order valence-corrected chi connectivity index (χ2v) is 6.14. The molecule has 1 aliphatic heterocycles. The fourth-order valence-corrected chi connectivity index (χ4v) is 2.56. The fourth-order valence-electron chi connectivity index (χ4n) is 2.43. The first kappa shape index (κ1) is 17.4. The summed E-state index contributed by atoms with van der Waals surface area (Å²) in [6.45, 7) is 1.33. The van der Waals surface area contributed by atoms with Gasteiger partial charge in [0.05, 0.1) is 13.2 Å². The summed E-state index contributed by atoms with van der Waals surface area (Å²) in [6, 6.07) is 14.7. The number of rotatable bonds is 7. The molecule has 1 heterocycles. The van der Waals surface area contributed by atoms with Crippen LogP contribution in [0.4, 0.5) is 0 Å². The Labute approximate surface area is 151 Å². The van der Waals surface area contributed by atoms with Crippen LogP contribution in [0.2, 0.25) is 5.02 Å². The molecule has 0 aromatic heterocycles. The molecular weight excluding hydrogens is 342 g/mol. The largest absolute Gasteiger partial charge is 0.494 e. The molecule has 3 rings (SSSR count). The van der Waals surface area contributed by atoms with E-state index in [-0.39, 0.29) is 12.0 Å². The lowest BCUT2D eigenvalue weighted by Gasteiger charge is -2.26. The molecule has 0 radical (unpaired) electrons. The Kier molecular flexibility index (Phi) is 6.01. The molecule has 0 saturated carbocycles. The molecule has 132 valence electrons. The molecule has 0 saturated heterocycles. The predicted octanol–water partition coefficient (Wildman–Crippen LogP) is 3.46. The first-order chi connectivity index (χ1) is 12.2. The summed E-state index contributed by atoms with van der Waals surface area (Å²) in [5, 5.41) is 3.54. The van der Waals surface area contributed by atoms with Crippen molar-refractivity contribution in [2.45, 2.75) is 18.9 Å². The van der Waals surface area contributed by atoms with Crippen molar-refractivity contribution >= 4 is 17.5 Å². The van der Waals surface area contributed by atoms with Gasteiger partial charge in [0, 0.05) is 11.4 Å². The number of carbonyl (C=O) groups excluding carboxylic acids is 1. The van der Waals surface area contributed by atoms with Gasteiger partial charge in [0.25, 0.3) is 0 Å². The number of ether oxygens (including phenoxy) is 3. The molecule has 1 N–H and O–H groups in total. The van der Waals surface area contributed by atoms with Crippen LogP contribution in [-0.2, 0) is 4.79 Å². The normalized spacial score (nSPS) is 15.5. The Bertz CT molecular complexity index is 705. The molecule has 1 amide bonds. The average molecular weight is 362 g/mol. The summed E-state index contributed by atoms with van der Waals surface area (Å²) in [4.78, 5) is 11.9. The van der Waals surface area contributed by atoms with Crippen LogP contribution in [-0.4, -0.2) is 31.8 Å². The number of fused-ring (bicyclic) bond motifs is 1. The summed E-state index contributed by atoms with van der Waals surface area (Å²) in [5.74, 6) is 2.17. The van der Waals surface area contributed by atoms with Crippen LogP contribution in [0.15, 0.2) is 48.5 Å². The number of benzene rings is 2. The zero-order valence-corrected chi connectivity index (χ0v) is 14.5. The number of hydrogen-bond acceptors (Lipinski definition) is 4. The molecule has 5 nitrogen and oxygen atoms in total. The molecule has 25 heavy (non-hydrogen) atoms. The van der Waals surface area contributed by atoms with Gasteiger partial charge in [0.2, 0.25) is 5.91 Å². The van der Waals surface area contributed by atoms with Gasteiger partial charge in [0.15, 0.2) is 11.5 Å². The summed E-state index contributed by atoms with van der Waals surface area (Å²) >= 11 is 5.81. The van der Waals surface area contributed by atoms with Gasteiger partial charge in [-0.3, -0.25) is 4.79 Å². The Morgan fingerprint density at radius 1 is 1.16 bits per heavy atom. The molecule has 2 aromatic carbocycles. The highest BCUT2D eigenvalue weighted by molar-refractivity contribution is 6.30. The van der Waals surface area contributed by atoms with E-state index in [1.807, 2.05) is 24.3 Å². The Balaban J connectivity index is 1.31. The van der Waals surface area contributed by atoms with Gasteiger partial charge in [-0.1, -0.05) is 23.7 Å². The van der Waals surface area contributed by atoms with Gasteiger partial charge in [-0.25, -0.2) is 0 Å². The van der Waals surface area contributed by atoms with Crippen molar-refractivity contribution in [1.82, 2.24) is 5.32 Å². The van der Waals surface area contributed by atoms with Gasteiger partial charge < -0.3 is 19.5 Å². The smallest absolute Gasteiger partial charge is 0.220 e. The van der Waals surface area contributed by atoms with Crippen LogP contribution < -0.4 is 19.5 Å². The Morgan fingerprint density at radius 2 is 1.92 bits per heavy atom. The first-order valence-corrected chi connectivity index (χ1v) is 8.62.